The Bertz CT molecular complexity index is 659. The molecule has 0 aliphatic rings. The first-order valence-electron chi connectivity index (χ1n) is 7.75. The Morgan fingerprint density at radius 3 is 2.30 bits per heavy atom. The van der Waals surface area contributed by atoms with Gasteiger partial charge in [-0.2, -0.15) is 0 Å². The van der Waals surface area contributed by atoms with Crippen molar-refractivity contribution in [3.63, 3.8) is 0 Å². The van der Waals surface area contributed by atoms with E-state index in [4.69, 9.17) is 0 Å². The van der Waals surface area contributed by atoms with E-state index in [0.717, 1.165) is 16.7 Å². The molecule has 0 fully saturated rings. The fourth-order valence-corrected chi connectivity index (χ4v) is 2.53. The molecule has 0 heterocycles. The van der Waals surface area contributed by atoms with Crippen molar-refractivity contribution in [1.82, 2.24) is 4.90 Å². The van der Waals surface area contributed by atoms with Crippen LogP contribution >= 0.6 is 0 Å². The fraction of sp³-hybridized carbons (Fsp3) is 0.316. The SMILES string of the molecule is CCN(CC(O)c1ccc(C)cc1)C(=O)c1cc(C)cc(O)c1. The molecule has 23 heavy (non-hydrogen) atoms. The topological polar surface area (TPSA) is 60.8 Å². The van der Waals surface area contributed by atoms with E-state index in [-0.39, 0.29) is 18.2 Å². The number of aliphatic hydroxyl groups excluding tert-OH is 1. The molecule has 122 valence electrons. The molecule has 2 aromatic rings. The summed E-state index contributed by atoms with van der Waals surface area (Å²) >= 11 is 0. The average molecular weight is 313 g/mol. The Labute approximate surface area is 137 Å². The molecule has 0 spiro atoms. The zero-order valence-electron chi connectivity index (χ0n) is 13.8. The zero-order valence-corrected chi connectivity index (χ0v) is 13.8. The summed E-state index contributed by atoms with van der Waals surface area (Å²) in [5.41, 5.74) is 3.16. The van der Waals surface area contributed by atoms with Crippen molar-refractivity contribution in [3.05, 3.63) is 64.7 Å². The monoisotopic (exact) mass is 313 g/mol. The van der Waals surface area contributed by atoms with Crippen LogP contribution in [0.1, 0.15) is 40.1 Å². The van der Waals surface area contributed by atoms with Gasteiger partial charge < -0.3 is 15.1 Å². The van der Waals surface area contributed by atoms with E-state index in [2.05, 4.69) is 0 Å². The number of carbonyl (C=O) groups excluding carboxylic acids is 1. The van der Waals surface area contributed by atoms with Gasteiger partial charge in [0.15, 0.2) is 0 Å². The van der Waals surface area contributed by atoms with E-state index in [1.165, 1.54) is 6.07 Å². The molecule has 0 radical (unpaired) electrons. The Kier molecular flexibility index (Phi) is 5.40. The minimum atomic E-state index is -0.738. The number of hydrogen-bond donors (Lipinski definition) is 2. The maximum atomic E-state index is 12.6. The summed E-state index contributed by atoms with van der Waals surface area (Å²) in [7, 11) is 0. The summed E-state index contributed by atoms with van der Waals surface area (Å²) in [6.07, 6.45) is -0.738. The predicted molar refractivity (Wildman–Crippen MR) is 90.6 cm³/mol. The summed E-state index contributed by atoms with van der Waals surface area (Å²) in [6.45, 7) is 6.38. The first-order valence-corrected chi connectivity index (χ1v) is 7.75. The molecular weight excluding hydrogens is 290 g/mol. The zero-order chi connectivity index (χ0) is 17.0. The lowest BCUT2D eigenvalue weighted by Crippen LogP contribution is -2.34. The summed E-state index contributed by atoms with van der Waals surface area (Å²) in [6, 6.07) is 12.4. The van der Waals surface area contributed by atoms with Gasteiger partial charge in [0.2, 0.25) is 0 Å². The Morgan fingerprint density at radius 1 is 1.09 bits per heavy atom. The van der Waals surface area contributed by atoms with Crippen molar-refractivity contribution in [2.45, 2.75) is 26.9 Å². The van der Waals surface area contributed by atoms with Gasteiger partial charge in [0.1, 0.15) is 5.75 Å². The first kappa shape index (κ1) is 17.0. The van der Waals surface area contributed by atoms with Crippen LogP contribution in [0.25, 0.3) is 0 Å². The quantitative estimate of drug-likeness (QED) is 0.891. The summed E-state index contributed by atoms with van der Waals surface area (Å²) in [5, 5.41) is 20.0. The number of aromatic hydroxyl groups is 1. The molecular formula is C19H23NO3. The van der Waals surface area contributed by atoms with Crippen LogP contribution in [0.15, 0.2) is 42.5 Å². The molecule has 1 unspecified atom stereocenters. The second kappa shape index (κ2) is 7.29. The van der Waals surface area contributed by atoms with E-state index < -0.39 is 6.10 Å². The number of likely N-dealkylation sites (N-methyl/N-ethyl adjacent to an activating group) is 1. The standard InChI is InChI=1S/C19H23NO3/c1-4-20(12-18(22)15-7-5-13(2)6-8-15)19(23)16-9-14(3)10-17(21)11-16/h5-11,18,21-22H,4,12H2,1-3H3. The minimum absolute atomic E-state index is 0.0727. The van der Waals surface area contributed by atoms with Gasteiger partial charge in [0.05, 0.1) is 12.6 Å². The fourth-order valence-electron chi connectivity index (χ4n) is 2.53. The predicted octanol–water partition coefficient (Wildman–Crippen LogP) is 3.20. The van der Waals surface area contributed by atoms with Crippen molar-refractivity contribution in [2.75, 3.05) is 13.1 Å². The lowest BCUT2D eigenvalue weighted by atomic mass is 10.1. The molecule has 0 aliphatic heterocycles. The van der Waals surface area contributed by atoms with Gasteiger partial charge in [-0.25, -0.2) is 0 Å². The van der Waals surface area contributed by atoms with Gasteiger partial charge in [-0.3, -0.25) is 4.79 Å². The molecule has 1 atom stereocenters. The van der Waals surface area contributed by atoms with Gasteiger partial charge in [-0.15, -0.1) is 0 Å². The second-order valence-electron chi connectivity index (χ2n) is 5.83. The van der Waals surface area contributed by atoms with E-state index in [9.17, 15) is 15.0 Å². The van der Waals surface area contributed by atoms with Crippen LogP contribution in [0.2, 0.25) is 0 Å². The van der Waals surface area contributed by atoms with E-state index in [0.29, 0.717) is 12.1 Å². The number of amides is 1. The van der Waals surface area contributed by atoms with Crippen LogP contribution in [-0.4, -0.2) is 34.1 Å². The maximum Gasteiger partial charge on any atom is 0.254 e. The largest absolute Gasteiger partial charge is 0.508 e. The number of carbonyl (C=O) groups is 1. The van der Waals surface area contributed by atoms with E-state index in [1.54, 1.807) is 17.0 Å². The third-order valence-corrected chi connectivity index (χ3v) is 3.83. The number of rotatable bonds is 5. The number of aliphatic hydroxyl groups is 1. The first-order chi connectivity index (χ1) is 10.9. The van der Waals surface area contributed by atoms with Crippen LogP contribution in [0.3, 0.4) is 0 Å². The van der Waals surface area contributed by atoms with Crippen molar-refractivity contribution in [2.24, 2.45) is 0 Å². The molecule has 0 aliphatic carbocycles. The maximum absolute atomic E-state index is 12.6. The van der Waals surface area contributed by atoms with Gasteiger partial charge in [0.25, 0.3) is 5.91 Å². The van der Waals surface area contributed by atoms with Crippen LogP contribution in [0, 0.1) is 13.8 Å². The lowest BCUT2D eigenvalue weighted by Gasteiger charge is -2.24. The van der Waals surface area contributed by atoms with E-state index >= 15 is 0 Å². The Morgan fingerprint density at radius 2 is 1.74 bits per heavy atom. The molecule has 1 amide bonds. The molecule has 0 saturated carbocycles. The smallest absolute Gasteiger partial charge is 0.254 e. The summed E-state index contributed by atoms with van der Waals surface area (Å²) in [4.78, 5) is 14.2. The number of nitrogens with zero attached hydrogens (tertiary/aromatic N) is 1. The average Bonchev–Trinajstić information content (AvgIpc) is 2.51. The highest BCUT2D eigenvalue weighted by Crippen LogP contribution is 2.19. The summed E-state index contributed by atoms with van der Waals surface area (Å²) < 4.78 is 0. The molecule has 2 rings (SSSR count). The number of phenols is 1. The number of benzene rings is 2. The lowest BCUT2D eigenvalue weighted by molar-refractivity contribution is 0.0634. The van der Waals surface area contributed by atoms with Gasteiger partial charge in [-0.05, 0) is 50.1 Å². The highest BCUT2D eigenvalue weighted by molar-refractivity contribution is 5.94. The third kappa shape index (κ3) is 4.33. The van der Waals surface area contributed by atoms with Gasteiger partial charge in [0, 0.05) is 12.1 Å². The van der Waals surface area contributed by atoms with Crippen LogP contribution in [-0.2, 0) is 0 Å². The van der Waals surface area contributed by atoms with Crippen molar-refractivity contribution in [3.8, 4) is 5.75 Å². The number of aryl methyl sites for hydroxylation is 2. The molecule has 4 heteroatoms. The highest BCUT2D eigenvalue weighted by atomic mass is 16.3. The molecule has 2 N–H and O–H groups in total. The molecule has 4 nitrogen and oxygen atoms in total. The summed E-state index contributed by atoms with van der Waals surface area (Å²) in [5.74, 6) is -0.124. The minimum Gasteiger partial charge on any atom is -0.508 e. The number of hydrogen-bond acceptors (Lipinski definition) is 3. The van der Waals surface area contributed by atoms with Gasteiger partial charge >= 0.3 is 0 Å². The Balaban J connectivity index is 2.15. The normalized spacial score (nSPS) is 12.0. The third-order valence-electron chi connectivity index (χ3n) is 3.83. The van der Waals surface area contributed by atoms with Crippen LogP contribution in [0.4, 0.5) is 0 Å². The van der Waals surface area contributed by atoms with Crippen molar-refractivity contribution in [1.29, 1.82) is 0 Å². The second-order valence-corrected chi connectivity index (χ2v) is 5.83. The van der Waals surface area contributed by atoms with Gasteiger partial charge in [-0.1, -0.05) is 29.8 Å². The molecule has 0 bridgehead atoms. The Hall–Kier alpha value is -2.33. The van der Waals surface area contributed by atoms with Crippen molar-refractivity contribution >= 4 is 5.91 Å². The molecule has 0 saturated heterocycles. The highest BCUT2D eigenvalue weighted by Gasteiger charge is 2.19. The molecule has 0 aromatic heterocycles. The van der Waals surface area contributed by atoms with Crippen LogP contribution < -0.4 is 0 Å². The molecule has 2 aromatic carbocycles. The number of phenolic OH excluding ortho intramolecular Hbond substituents is 1. The van der Waals surface area contributed by atoms with Crippen molar-refractivity contribution < 1.29 is 15.0 Å². The van der Waals surface area contributed by atoms with E-state index in [1.807, 2.05) is 45.0 Å². The van der Waals surface area contributed by atoms with Crippen LogP contribution in [0.5, 0.6) is 5.75 Å².